The Kier molecular flexibility index (Phi) is 4.32. The van der Waals surface area contributed by atoms with Gasteiger partial charge in [0.2, 0.25) is 0 Å². The minimum absolute atomic E-state index is 0.389. The molecule has 1 fully saturated rings. The molecular formula is C12H20N2OS. The van der Waals surface area contributed by atoms with Gasteiger partial charge in [-0.25, -0.2) is 4.98 Å². The summed E-state index contributed by atoms with van der Waals surface area (Å²) in [5, 5.41) is 5.73. The Morgan fingerprint density at radius 3 is 2.81 bits per heavy atom. The second-order valence-corrected chi connectivity index (χ2v) is 5.33. The second-order valence-electron chi connectivity index (χ2n) is 4.61. The predicted molar refractivity (Wildman–Crippen MR) is 66.9 cm³/mol. The highest BCUT2D eigenvalue weighted by Crippen LogP contribution is 2.18. The Labute approximate surface area is 101 Å². The van der Waals surface area contributed by atoms with Gasteiger partial charge in [0.05, 0.1) is 23.4 Å². The van der Waals surface area contributed by atoms with Crippen LogP contribution in [0.1, 0.15) is 32.4 Å². The fourth-order valence-electron chi connectivity index (χ4n) is 2.34. The summed E-state index contributed by atoms with van der Waals surface area (Å²) in [5.74, 6) is 0. The van der Waals surface area contributed by atoms with E-state index in [9.17, 15) is 0 Å². The van der Waals surface area contributed by atoms with Gasteiger partial charge in [0.1, 0.15) is 0 Å². The van der Waals surface area contributed by atoms with E-state index in [1.807, 2.05) is 5.51 Å². The lowest BCUT2D eigenvalue weighted by atomic mass is 10.00. The van der Waals surface area contributed by atoms with Gasteiger partial charge in [0.25, 0.3) is 0 Å². The number of nitrogens with one attached hydrogen (secondary N) is 1. The molecule has 1 aliphatic heterocycles. The maximum Gasteiger partial charge on any atom is 0.0794 e. The fourth-order valence-corrected chi connectivity index (χ4v) is 2.93. The van der Waals surface area contributed by atoms with E-state index in [4.69, 9.17) is 4.74 Å². The molecule has 0 amide bonds. The summed E-state index contributed by atoms with van der Waals surface area (Å²) in [6.07, 6.45) is 4.06. The van der Waals surface area contributed by atoms with Gasteiger partial charge in [-0.15, -0.1) is 11.3 Å². The molecule has 1 N–H and O–H groups in total. The molecule has 0 bridgehead atoms. The van der Waals surface area contributed by atoms with Gasteiger partial charge in [-0.05, 0) is 26.7 Å². The first-order valence-electron chi connectivity index (χ1n) is 6.00. The van der Waals surface area contributed by atoms with Crippen molar-refractivity contribution in [2.45, 2.75) is 51.4 Å². The molecular weight excluding hydrogens is 220 g/mol. The molecule has 2 heterocycles. The molecule has 0 saturated carbocycles. The van der Waals surface area contributed by atoms with Gasteiger partial charge in [-0.1, -0.05) is 0 Å². The van der Waals surface area contributed by atoms with E-state index in [0.29, 0.717) is 18.2 Å². The number of hydrogen-bond acceptors (Lipinski definition) is 4. The van der Waals surface area contributed by atoms with Gasteiger partial charge >= 0.3 is 0 Å². The first-order chi connectivity index (χ1) is 7.74. The molecule has 1 saturated heterocycles. The van der Waals surface area contributed by atoms with E-state index in [-0.39, 0.29) is 0 Å². The molecule has 0 spiro atoms. The van der Waals surface area contributed by atoms with Crippen LogP contribution >= 0.6 is 11.3 Å². The van der Waals surface area contributed by atoms with E-state index in [2.05, 4.69) is 29.5 Å². The van der Waals surface area contributed by atoms with Gasteiger partial charge < -0.3 is 10.1 Å². The van der Waals surface area contributed by atoms with Crippen LogP contribution in [0.15, 0.2) is 10.9 Å². The molecule has 90 valence electrons. The van der Waals surface area contributed by atoms with E-state index >= 15 is 0 Å². The van der Waals surface area contributed by atoms with Gasteiger partial charge in [-0.3, -0.25) is 0 Å². The molecule has 2 unspecified atom stereocenters. The highest BCUT2D eigenvalue weighted by atomic mass is 32.1. The average Bonchev–Trinajstić information content (AvgIpc) is 2.69. The molecule has 1 aliphatic rings. The van der Waals surface area contributed by atoms with Crippen molar-refractivity contribution in [3.63, 3.8) is 0 Å². The lowest BCUT2D eigenvalue weighted by Crippen LogP contribution is -2.41. The van der Waals surface area contributed by atoms with Crippen molar-refractivity contribution in [3.05, 3.63) is 16.6 Å². The molecule has 0 aromatic carbocycles. The van der Waals surface area contributed by atoms with E-state index in [1.165, 1.54) is 5.69 Å². The van der Waals surface area contributed by atoms with Crippen molar-refractivity contribution in [3.8, 4) is 0 Å². The first-order valence-corrected chi connectivity index (χ1v) is 6.94. The molecule has 4 heteroatoms. The van der Waals surface area contributed by atoms with Crippen LogP contribution in [-0.2, 0) is 11.2 Å². The largest absolute Gasteiger partial charge is 0.375 e. The number of ether oxygens (including phenoxy) is 1. The molecule has 2 atom stereocenters. The number of aromatic nitrogens is 1. The van der Waals surface area contributed by atoms with Crippen LogP contribution in [0, 0.1) is 0 Å². The molecule has 1 aromatic heterocycles. The maximum absolute atomic E-state index is 5.72. The zero-order valence-electron chi connectivity index (χ0n) is 9.98. The lowest BCUT2D eigenvalue weighted by Gasteiger charge is -2.32. The fraction of sp³-hybridized carbons (Fsp3) is 0.750. The normalized spacial score (nSPS) is 30.5. The summed E-state index contributed by atoms with van der Waals surface area (Å²) >= 11 is 1.67. The van der Waals surface area contributed by atoms with Crippen molar-refractivity contribution in [2.75, 3.05) is 6.54 Å². The van der Waals surface area contributed by atoms with Crippen LogP contribution in [-0.4, -0.2) is 29.8 Å². The smallest absolute Gasteiger partial charge is 0.0794 e. The molecule has 16 heavy (non-hydrogen) atoms. The number of nitrogens with zero attached hydrogens (tertiary/aromatic N) is 1. The van der Waals surface area contributed by atoms with E-state index < -0.39 is 0 Å². The number of thiazole rings is 1. The second kappa shape index (κ2) is 5.75. The molecule has 1 aromatic rings. The SMILES string of the molecule is CC1CC(NCCc2cscn2)CC(C)O1. The highest BCUT2D eigenvalue weighted by molar-refractivity contribution is 7.07. The molecule has 0 radical (unpaired) electrons. The minimum Gasteiger partial charge on any atom is -0.375 e. The number of hydrogen-bond donors (Lipinski definition) is 1. The summed E-state index contributed by atoms with van der Waals surface area (Å²) in [7, 11) is 0. The Bertz CT molecular complexity index is 292. The first kappa shape index (κ1) is 12.0. The Hall–Kier alpha value is -0.450. The Morgan fingerprint density at radius 2 is 2.19 bits per heavy atom. The third-order valence-corrected chi connectivity index (χ3v) is 3.63. The van der Waals surface area contributed by atoms with E-state index in [1.54, 1.807) is 11.3 Å². The van der Waals surface area contributed by atoms with Crippen LogP contribution in [0.4, 0.5) is 0 Å². The van der Waals surface area contributed by atoms with Crippen LogP contribution < -0.4 is 5.32 Å². The van der Waals surface area contributed by atoms with Crippen molar-refractivity contribution in [1.82, 2.24) is 10.3 Å². The zero-order valence-corrected chi connectivity index (χ0v) is 10.8. The van der Waals surface area contributed by atoms with Crippen LogP contribution in [0.3, 0.4) is 0 Å². The third-order valence-electron chi connectivity index (χ3n) is 3.00. The highest BCUT2D eigenvalue weighted by Gasteiger charge is 2.23. The Morgan fingerprint density at radius 1 is 1.44 bits per heavy atom. The van der Waals surface area contributed by atoms with Gasteiger partial charge in [0.15, 0.2) is 0 Å². The topological polar surface area (TPSA) is 34.2 Å². The van der Waals surface area contributed by atoms with Crippen molar-refractivity contribution in [1.29, 1.82) is 0 Å². The summed E-state index contributed by atoms with van der Waals surface area (Å²) in [5.41, 5.74) is 3.10. The van der Waals surface area contributed by atoms with Crippen molar-refractivity contribution < 1.29 is 4.74 Å². The monoisotopic (exact) mass is 240 g/mol. The van der Waals surface area contributed by atoms with Crippen molar-refractivity contribution >= 4 is 11.3 Å². The third kappa shape index (κ3) is 3.54. The summed E-state index contributed by atoms with van der Waals surface area (Å²) < 4.78 is 5.72. The molecule has 2 rings (SSSR count). The summed E-state index contributed by atoms with van der Waals surface area (Å²) in [4.78, 5) is 4.28. The molecule has 0 aliphatic carbocycles. The van der Waals surface area contributed by atoms with E-state index in [0.717, 1.165) is 25.8 Å². The zero-order chi connectivity index (χ0) is 11.4. The summed E-state index contributed by atoms with van der Waals surface area (Å²) in [6.45, 7) is 5.34. The average molecular weight is 240 g/mol. The standard InChI is InChI=1S/C12H20N2OS/c1-9-5-12(6-10(2)15-9)13-4-3-11-7-16-8-14-11/h7-10,12-13H,3-6H2,1-2H3. The minimum atomic E-state index is 0.389. The quantitative estimate of drug-likeness (QED) is 0.876. The summed E-state index contributed by atoms with van der Waals surface area (Å²) in [6, 6.07) is 0.609. The predicted octanol–water partition coefficient (Wildman–Crippen LogP) is 2.23. The lowest BCUT2D eigenvalue weighted by molar-refractivity contribution is -0.0419. The van der Waals surface area contributed by atoms with Crippen molar-refractivity contribution in [2.24, 2.45) is 0 Å². The van der Waals surface area contributed by atoms with Crippen LogP contribution in [0.2, 0.25) is 0 Å². The van der Waals surface area contributed by atoms with Gasteiger partial charge in [-0.2, -0.15) is 0 Å². The Balaban J connectivity index is 1.69. The molecule has 3 nitrogen and oxygen atoms in total. The van der Waals surface area contributed by atoms with Crippen LogP contribution in [0.25, 0.3) is 0 Å². The number of rotatable bonds is 4. The van der Waals surface area contributed by atoms with Gasteiger partial charge in [0, 0.05) is 24.4 Å². The maximum atomic E-state index is 5.72. The van der Waals surface area contributed by atoms with Crippen LogP contribution in [0.5, 0.6) is 0 Å².